The van der Waals surface area contributed by atoms with Crippen LogP contribution in [0.3, 0.4) is 0 Å². The largest absolute Gasteiger partial charge is 0.489 e. The molecule has 0 saturated carbocycles. The Bertz CT molecular complexity index is 602. The SMILES string of the molecule is COC(=O)c1ccc(COc2ccccc2[C@@H](C)O)cc1. The number of methoxy groups -OCH3 is 1. The number of hydrogen-bond acceptors (Lipinski definition) is 4. The zero-order valence-corrected chi connectivity index (χ0v) is 12.1. The predicted octanol–water partition coefficient (Wildman–Crippen LogP) is 3.11. The molecule has 0 heterocycles. The number of aliphatic hydroxyl groups is 1. The molecule has 110 valence electrons. The minimum Gasteiger partial charge on any atom is -0.489 e. The third-order valence-electron chi connectivity index (χ3n) is 3.14. The Morgan fingerprint density at radius 3 is 2.43 bits per heavy atom. The van der Waals surface area contributed by atoms with Gasteiger partial charge >= 0.3 is 5.97 Å². The van der Waals surface area contributed by atoms with Crippen LogP contribution in [0.25, 0.3) is 0 Å². The summed E-state index contributed by atoms with van der Waals surface area (Å²) < 4.78 is 10.4. The van der Waals surface area contributed by atoms with Gasteiger partial charge in [0, 0.05) is 5.56 Å². The van der Waals surface area contributed by atoms with Crippen molar-refractivity contribution in [2.24, 2.45) is 0 Å². The van der Waals surface area contributed by atoms with Crippen molar-refractivity contribution < 1.29 is 19.4 Å². The van der Waals surface area contributed by atoms with Gasteiger partial charge in [-0.25, -0.2) is 4.79 Å². The molecule has 21 heavy (non-hydrogen) atoms. The summed E-state index contributed by atoms with van der Waals surface area (Å²) in [5.74, 6) is 0.298. The Kier molecular flexibility index (Phi) is 4.95. The van der Waals surface area contributed by atoms with Gasteiger partial charge in [0.15, 0.2) is 0 Å². The van der Waals surface area contributed by atoms with E-state index in [4.69, 9.17) is 4.74 Å². The number of rotatable bonds is 5. The molecular formula is C17H18O4. The van der Waals surface area contributed by atoms with Gasteiger partial charge in [0.2, 0.25) is 0 Å². The van der Waals surface area contributed by atoms with Gasteiger partial charge in [0.1, 0.15) is 12.4 Å². The maximum absolute atomic E-state index is 11.3. The average Bonchev–Trinajstić information content (AvgIpc) is 2.52. The van der Waals surface area contributed by atoms with E-state index >= 15 is 0 Å². The average molecular weight is 286 g/mol. The fraction of sp³-hybridized carbons (Fsp3) is 0.235. The first-order chi connectivity index (χ1) is 10.1. The van der Waals surface area contributed by atoms with Crippen LogP contribution in [0.4, 0.5) is 0 Å². The molecule has 0 unspecified atom stereocenters. The molecule has 0 spiro atoms. The van der Waals surface area contributed by atoms with Crippen molar-refractivity contribution >= 4 is 5.97 Å². The second-order valence-electron chi connectivity index (χ2n) is 4.69. The summed E-state index contributed by atoms with van der Waals surface area (Å²) in [5, 5.41) is 9.69. The molecule has 0 radical (unpaired) electrons. The van der Waals surface area contributed by atoms with Gasteiger partial charge in [-0.2, -0.15) is 0 Å². The summed E-state index contributed by atoms with van der Waals surface area (Å²) >= 11 is 0. The Morgan fingerprint density at radius 2 is 1.81 bits per heavy atom. The molecule has 1 N–H and O–H groups in total. The lowest BCUT2D eigenvalue weighted by molar-refractivity contribution is 0.0600. The van der Waals surface area contributed by atoms with E-state index < -0.39 is 6.10 Å². The first-order valence-corrected chi connectivity index (χ1v) is 6.69. The van der Waals surface area contributed by atoms with Crippen molar-refractivity contribution in [3.05, 3.63) is 65.2 Å². The highest BCUT2D eigenvalue weighted by Gasteiger charge is 2.09. The molecule has 1 atom stereocenters. The molecule has 0 amide bonds. The molecular weight excluding hydrogens is 268 g/mol. The van der Waals surface area contributed by atoms with Crippen LogP contribution in [0.2, 0.25) is 0 Å². The fourth-order valence-electron chi connectivity index (χ4n) is 1.97. The van der Waals surface area contributed by atoms with Crippen LogP contribution in [-0.4, -0.2) is 18.2 Å². The van der Waals surface area contributed by atoms with E-state index in [0.717, 1.165) is 11.1 Å². The predicted molar refractivity (Wildman–Crippen MR) is 79.2 cm³/mol. The second kappa shape index (κ2) is 6.90. The van der Waals surface area contributed by atoms with Crippen LogP contribution < -0.4 is 4.74 Å². The highest BCUT2D eigenvalue weighted by Crippen LogP contribution is 2.25. The first kappa shape index (κ1) is 15.1. The molecule has 4 nitrogen and oxygen atoms in total. The molecule has 0 bridgehead atoms. The molecule has 0 saturated heterocycles. The van der Waals surface area contributed by atoms with Gasteiger partial charge in [-0.15, -0.1) is 0 Å². The summed E-state index contributed by atoms with van der Waals surface area (Å²) in [6.07, 6.45) is -0.581. The lowest BCUT2D eigenvalue weighted by atomic mass is 10.1. The van der Waals surface area contributed by atoms with Gasteiger partial charge < -0.3 is 14.6 Å². The molecule has 2 aromatic rings. The van der Waals surface area contributed by atoms with Gasteiger partial charge in [-0.3, -0.25) is 0 Å². The van der Waals surface area contributed by atoms with Crippen molar-refractivity contribution in [3.8, 4) is 5.75 Å². The summed E-state index contributed by atoms with van der Waals surface area (Å²) in [6.45, 7) is 2.07. The maximum Gasteiger partial charge on any atom is 0.337 e. The summed E-state index contributed by atoms with van der Waals surface area (Å²) in [7, 11) is 1.35. The smallest absolute Gasteiger partial charge is 0.337 e. The molecule has 0 aliphatic heterocycles. The van der Waals surface area contributed by atoms with E-state index in [-0.39, 0.29) is 5.97 Å². The van der Waals surface area contributed by atoms with Crippen molar-refractivity contribution in [1.82, 2.24) is 0 Å². The fourth-order valence-corrected chi connectivity index (χ4v) is 1.97. The number of carbonyl (C=O) groups is 1. The lowest BCUT2D eigenvalue weighted by Gasteiger charge is -2.13. The topological polar surface area (TPSA) is 55.8 Å². The van der Waals surface area contributed by atoms with Gasteiger partial charge in [0.25, 0.3) is 0 Å². The number of aliphatic hydroxyl groups excluding tert-OH is 1. The minimum absolute atomic E-state index is 0.359. The molecule has 2 aromatic carbocycles. The molecule has 0 aromatic heterocycles. The standard InChI is InChI=1S/C17H18O4/c1-12(18)15-5-3-4-6-16(15)21-11-13-7-9-14(10-8-13)17(19)20-2/h3-10,12,18H,11H2,1-2H3/t12-/m1/s1. The summed E-state index contributed by atoms with van der Waals surface area (Å²) in [4.78, 5) is 11.3. The number of carbonyl (C=O) groups excluding carboxylic acids is 1. The van der Waals surface area contributed by atoms with Crippen LogP contribution in [-0.2, 0) is 11.3 Å². The zero-order valence-electron chi connectivity index (χ0n) is 12.1. The number of benzene rings is 2. The van der Waals surface area contributed by atoms with Crippen molar-refractivity contribution in [2.45, 2.75) is 19.6 Å². The Morgan fingerprint density at radius 1 is 1.14 bits per heavy atom. The number of hydrogen-bond donors (Lipinski definition) is 1. The number of esters is 1. The molecule has 4 heteroatoms. The maximum atomic E-state index is 11.3. The highest BCUT2D eigenvalue weighted by atomic mass is 16.5. The van der Waals surface area contributed by atoms with Crippen LogP contribution in [0.1, 0.15) is 34.5 Å². The first-order valence-electron chi connectivity index (χ1n) is 6.69. The van der Waals surface area contributed by atoms with E-state index in [0.29, 0.717) is 17.9 Å². The van der Waals surface area contributed by atoms with E-state index in [9.17, 15) is 9.90 Å². The van der Waals surface area contributed by atoms with Gasteiger partial charge in [-0.1, -0.05) is 30.3 Å². The van der Waals surface area contributed by atoms with Crippen LogP contribution in [0.15, 0.2) is 48.5 Å². The lowest BCUT2D eigenvalue weighted by Crippen LogP contribution is -2.03. The zero-order chi connectivity index (χ0) is 15.2. The summed E-state index contributed by atoms with van der Waals surface area (Å²) in [6, 6.07) is 14.4. The van der Waals surface area contributed by atoms with E-state index in [1.54, 1.807) is 19.1 Å². The Balaban J connectivity index is 2.05. The third kappa shape index (κ3) is 3.83. The number of para-hydroxylation sites is 1. The van der Waals surface area contributed by atoms with Crippen molar-refractivity contribution in [2.75, 3.05) is 7.11 Å². The van der Waals surface area contributed by atoms with Gasteiger partial charge in [-0.05, 0) is 30.7 Å². The second-order valence-corrected chi connectivity index (χ2v) is 4.69. The Hall–Kier alpha value is -2.33. The highest BCUT2D eigenvalue weighted by molar-refractivity contribution is 5.89. The minimum atomic E-state index is -0.581. The van der Waals surface area contributed by atoms with E-state index in [1.165, 1.54) is 7.11 Å². The molecule has 0 aliphatic carbocycles. The van der Waals surface area contributed by atoms with Crippen LogP contribution >= 0.6 is 0 Å². The normalized spacial score (nSPS) is 11.8. The molecule has 0 aliphatic rings. The third-order valence-corrected chi connectivity index (χ3v) is 3.14. The Labute approximate surface area is 123 Å². The van der Waals surface area contributed by atoms with Crippen molar-refractivity contribution in [3.63, 3.8) is 0 Å². The molecule has 0 fully saturated rings. The quantitative estimate of drug-likeness (QED) is 0.858. The van der Waals surface area contributed by atoms with Crippen LogP contribution in [0, 0.1) is 0 Å². The van der Waals surface area contributed by atoms with E-state index in [1.807, 2.05) is 36.4 Å². The summed E-state index contributed by atoms with van der Waals surface area (Å²) in [5.41, 5.74) is 2.19. The van der Waals surface area contributed by atoms with Crippen LogP contribution in [0.5, 0.6) is 5.75 Å². The van der Waals surface area contributed by atoms with Crippen molar-refractivity contribution in [1.29, 1.82) is 0 Å². The molecule has 2 rings (SSSR count). The van der Waals surface area contributed by atoms with Gasteiger partial charge in [0.05, 0.1) is 18.8 Å². The van der Waals surface area contributed by atoms with E-state index in [2.05, 4.69) is 4.74 Å². The number of ether oxygens (including phenoxy) is 2. The monoisotopic (exact) mass is 286 g/mol.